The van der Waals surface area contributed by atoms with Crippen LogP contribution in [0.1, 0.15) is 213 Å². The van der Waals surface area contributed by atoms with Gasteiger partial charge in [-0.25, -0.2) is 0 Å². The Balaban J connectivity index is 4.16. The van der Waals surface area contributed by atoms with Gasteiger partial charge in [0, 0.05) is 25.8 Å². The third kappa shape index (κ3) is 39.4. The number of carboxylic acid groups (broad SMARTS) is 2. The summed E-state index contributed by atoms with van der Waals surface area (Å²) in [6.45, 7) is 5.40. The summed E-state index contributed by atoms with van der Waals surface area (Å²) >= 11 is 0. The normalized spacial score (nSPS) is 13.1. The standard InChI is InChI=1S/C46H85NO6/c1-41(42(2)40-47(3)4)39-46(52)53-43(35-31-27-23-19-15-11-7-5-9-13-17-21-25-29-33-37-44(48)49)36-32-28-24-20-16-12-8-6-10-14-18-22-26-30-34-38-45(50)51/h5-6,9-10,41-43H,7-8,11-40H2,1-4H3,(H,48,49)(H,50,51)/b9-5-,10-6-. The van der Waals surface area contributed by atoms with Crippen molar-refractivity contribution in [3.8, 4) is 0 Å². The van der Waals surface area contributed by atoms with Crippen molar-refractivity contribution in [2.24, 2.45) is 11.8 Å². The molecule has 2 unspecified atom stereocenters. The van der Waals surface area contributed by atoms with Crippen molar-refractivity contribution >= 4 is 17.9 Å². The van der Waals surface area contributed by atoms with E-state index in [1.54, 1.807) is 0 Å². The fourth-order valence-electron chi connectivity index (χ4n) is 7.01. The van der Waals surface area contributed by atoms with Crippen molar-refractivity contribution in [1.82, 2.24) is 4.90 Å². The number of allylic oxidation sites excluding steroid dienone is 4. The summed E-state index contributed by atoms with van der Waals surface area (Å²) in [5.74, 6) is -0.598. The van der Waals surface area contributed by atoms with Gasteiger partial charge in [0.2, 0.25) is 0 Å². The zero-order valence-electron chi connectivity index (χ0n) is 35.1. The largest absolute Gasteiger partial charge is 0.481 e. The van der Waals surface area contributed by atoms with Crippen LogP contribution in [0.4, 0.5) is 0 Å². The average Bonchev–Trinajstić information content (AvgIpc) is 3.10. The van der Waals surface area contributed by atoms with Crippen molar-refractivity contribution in [3.05, 3.63) is 24.3 Å². The minimum absolute atomic E-state index is 0.0132. The molecule has 7 heteroatoms. The van der Waals surface area contributed by atoms with E-state index in [4.69, 9.17) is 14.9 Å². The molecule has 0 aromatic carbocycles. The summed E-state index contributed by atoms with van der Waals surface area (Å²) in [4.78, 5) is 36.3. The Kier molecular flexibility index (Phi) is 36.6. The predicted molar refractivity (Wildman–Crippen MR) is 223 cm³/mol. The van der Waals surface area contributed by atoms with Gasteiger partial charge < -0.3 is 19.8 Å². The molecular weight excluding hydrogens is 663 g/mol. The first-order valence-electron chi connectivity index (χ1n) is 22.2. The third-order valence-electron chi connectivity index (χ3n) is 10.6. The number of aliphatic carboxylic acids is 2. The molecule has 2 N–H and O–H groups in total. The van der Waals surface area contributed by atoms with Gasteiger partial charge in [-0.3, -0.25) is 14.4 Å². The van der Waals surface area contributed by atoms with Crippen LogP contribution in [0, 0.1) is 11.8 Å². The highest BCUT2D eigenvalue weighted by molar-refractivity contribution is 5.70. The quantitative estimate of drug-likeness (QED) is 0.0365. The Morgan fingerprint density at radius 1 is 0.491 bits per heavy atom. The summed E-state index contributed by atoms with van der Waals surface area (Å²) in [5, 5.41) is 17.4. The van der Waals surface area contributed by atoms with Crippen LogP contribution < -0.4 is 0 Å². The van der Waals surface area contributed by atoms with Crippen molar-refractivity contribution in [3.63, 3.8) is 0 Å². The lowest BCUT2D eigenvalue weighted by Crippen LogP contribution is -2.27. The molecule has 0 aliphatic heterocycles. The number of carbonyl (C=O) groups is 3. The maximum Gasteiger partial charge on any atom is 0.306 e. The molecule has 0 aromatic rings. The van der Waals surface area contributed by atoms with E-state index in [1.165, 1.54) is 103 Å². The van der Waals surface area contributed by atoms with E-state index in [2.05, 4.69) is 57.1 Å². The molecular formula is C46H85NO6. The van der Waals surface area contributed by atoms with Gasteiger partial charge in [-0.1, -0.05) is 128 Å². The fraction of sp³-hybridized carbons (Fsp3) is 0.848. The van der Waals surface area contributed by atoms with Crippen LogP contribution in [0.5, 0.6) is 0 Å². The van der Waals surface area contributed by atoms with E-state index in [1.807, 2.05) is 0 Å². The second-order valence-corrected chi connectivity index (χ2v) is 16.3. The zero-order valence-corrected chi connectivity index (χ0v) is 35.1. The molecule has 2 atom stereocenters. The molecule has 0 aliphatic rings. The molecule has 0 amide bonds. The Labute approximate surface area is 327 Å². The Morgan fingerprint density at radius 3 is 1.15 bits per heavy atom. The predicted octanol–water partition coefficient (Wildman–Crippen LogP) is 13.1. The molecule has 0 heterocycles. The van der Waals surface area contributed by atoms with Gasteiger partial charge in [-0.05, 0) is 116 Å². The maximum atomic E-state index is 13.0. The Hall–Kier alpha value is -2.15. The Morgan fingerprint density at radius 2 is 0.811 bits per heavy atom. The molecule has 0 fully saturated rings. The minimum Gasteiger partial charge on any atom is -0.481 e. The molecule has 0 spiro atoms. The van der Waals surface area contributed by atoms with Gasteiger partial charge in [0.15, 0.2) is 0 Å². The van der Waals surface area contributed by atoms with Crippen LogP contribution in [-0.2, 0) is 19.1 Å². The lowest BCUT2D eigenvalue weighted by atomic mass is 9.92. The summed E-state index contributed by atoms with van der Waals surface area (Å²) in [5.41, 5.74) is 0. The van der Waals surface area contributed by atoms with Crippen LogP contribution in [0.15, 0.2) is 24.3 Å². The van der Waals surface area contributed by atoms with E-state index < -0.39 is 11.9 Å². The highest BCUT2D eigenvalue weighted by atomic mass is 16.5. The van der Waals surface area contributed by atoms with Gasteiger partial charge >= 0.3 is 17.9 Å². The first-order chi connectivity index (χ1) is 25.6. The van der Waals surface area contributed by atoms with Crippen molar-refractivity contribution in [1.29, 1.82) is 0 Å². The lowest BCUT2D eigenvalue weighted by Gasteiger charge is -2.24. The average molecular weight is 748 g/mol. The van der Waals surface area contributed by atoms with Gasteiger partial charge in [-0.2, -0.15) is 0 Å². The van der Waals surface area contributed by atoms with Crippen molar-refractivity contribution < 1.29 is 29.3 Å². The van der Waals surface area contributed by atoms with E-state index >= 15 is 0 Å². The smallest absolute Gasteiger partial charge is 0.306 e. The zero-order chi connectivity index (χ0) is 39.2. The number of carboxylic acids is 2. The fourth-order valence-corrected chi connectivity index (χ4v) is 7.01. The molecule has 0 radical (unpaired) electrons. The molecule has 0 aromatic heterocycles. The SMILES string of the molecule is CC(CC(=O)OC(CCCCCCCC/C=C\CCCCCCCC(=O)O)CCCCCCCC/C=C\CCCCCCCC(=O)O)C(C)CN(C)C. The van der Waals surface area contributed by atoms with Gasteiger partial charge in [0.1, 0.15) is 6.10 Å². The van der Waals surface area contributed by atoms with Gasteiger partial charge in [-0.15, -0.1) is 0 Å². The first kappa shape index (κ1) is 50.9. The minimum atomic E-state index is -0.682. The summed E-state index contributed by atoms with van der Waals surface area (Å²) < 4.78 is 6.13. The van der Waals surface area contributed by atoms with E-state index in [0.717, 1.165) is 83.6 Å². The number of ether oxygens (including phenoxy) is 1. The molecule has 0 bridgehead atoms. The molecule has 0 rings (SSSR count). The summed E-state index contributed by atoms with van der Waals surface area (Å²) in [6.07, 6.45) is 42.7. The maximum absolute atomic E-state index is 13.0. The van der Waals surface area contributed by atoms with Crippen LogP contribution >= 0.6 is 0 Å². The number of carbonyl (C=O) groups excluding carboxylic acids is 1. The van der Waals surface area contributed by atoms with Crippen LogP contribution in [-0.4, -0.2) is 59.8 Å². The highest BCUT2D eigenvalue weighted by Crippen LogP contribution is 2.21. The molecule has 7 nitrogen and oxygen atoms in total. The molecule has 310 valence electrons. The molecule has 0 saturated carbocycles. The van der Waals surface area contributed by atoms with E-state index in [-0.39, 0.29) is 12.1 Å². The molecule has 53 heavy (non-hydrogen) atoms. The first-order valence-corrected chi connectivity index (χ1v) is 22.2. The number of nitrogens with zero attached hydrogens (tertiary/aromatic N) is 1. The molecule has 0 aliphatic carbocycles. The third-order valence-corrected chi connectivity index (χ3v) is 10.6. The monoisotopic (exact) mass is 748 g/mol. The van der Waals surface area contributed by atoms with Crippen LogP contribution in [0.2, 0.25) is 0 Å². The highest BCUT2D eigenvalue weighted by Gasteiger charge is 2.20. The van der Waals surface area contributed by atoms with E-state index in [9.17, 15) is 14.4 Å². The van der Waals surface area contributed by atoms with Gasteiger partial charge in [0.25, 0.3) is 0 Å². The number of hydrogen-bond acceptors (Lipinski definition) is 5. The van der Waals surface area contributed by atoms with Crippen molar-refractivity contribution in [2.75, 3.05) is 20.6 Å². The summed E-state index contributed by atoms with van der Waals surface area (Å²) in [7, 11) is 4.18. The lowest BCUT2D eigenvalue weighted by molar-refractivity contribution is -0.151. The topological polar surface area (TPSA) is 104 Å². The number of hydrogen-bond donors (Lipinski definition) is 2. The van der Waals surface area contributed by atoms with Gasteiger partial charge in [0.05, 0.1) is 0 Å². The molecule has 0 saturated heterocycles. The van der Waals surface area contributed by atoms with Crippen molar-refractivity contribution in [2.45, 2.75) is 219 Å². The van der Waals surface area contributed by atoms with Crippen LogP contribution in [0.25, 0.3) is 0 Å². The Bertz CT molecular complexity index is 862. The number of rotatable bonds is 40. The second kappa shape index (κ2) is 38.1. The summed E-state index contributed by atoms with van der Waals surface area (Å²) in [6, 6.07) is 0. The van der Waals surface area contributed by atoms with E-state index in [0.29, 0.717) is 31.1 Å². The number of esters is 1. The van der Waals surface area contributed by atoms with Crippen LogP contribution in [0.3, 0.4) is 0 Å². The number of unbranched alkanes of at least 4 members (excludes halogenated alkanes) is 22. The second-order valence-electron chi connectivity index (χ2n) is 16.3.